The van der Waals surface area contributed by atoms with Gasteiger partial charge in [0.1, 0.15) is 0 Å². The van der Waals surface area contributed by atoms with Gasteiger partial charge in [0, 0.05) is 0 Å². The summed E-state index contributed by atoms with van der Waals surface area (Å²) in [6, 6.07) is 0. The first-order valence-corrected chi connectivity index (χ1v) is 3.08. The topological polar surface area (TPSA) is 40.5 Å². The molecule has 0 radical (unpaired) electrons. The lowest BCUT2D eigenvalue weighted by Gasteiger charge is -1.90. The van der Waals surface area contributed by atoms with Gasteiger partial charge in [0.15, 0.2) is 0 Å². The van der Waals surface area contributed by atoms with Gasteiger partial charge >= 0.3 is 0 Å². The number of aliphatic hydroxyl groups is 2. The van der Waals surface area contributed by atoms with Gasteiger partial charge in [-0.2, -0.15) is 0 Å². The van der Waals surface area contributed by atoms with Crippen molar-refractivity contribution < 1.29 is 10.2 Å². The molecule has 0 amide bonds. The van der Waals surface area contributed by atoms with Gasteiger partial charge < -0.3 is 10.2 Å². The Bertz CT molecular complexity index is 155. The zero-order valence-electron chi connectivity index (χ0n) is 5.99. The van der Waals surface area contributed by atoms with Crippen LogP contribution in [0.25, 0.3) is 0 Å². The molecule has 0 aliphatic rings. The highest BCUT2D eigenvalue weighted by molar-refractivity contribution is 5.22. The zero-order chi connectivity index (χ0) is 7.82. The number of rotatable bonds is 3. The predicted octanol–water partition coefficient (Wildman–Crippen LogP) is 1.55. The van der Waals surface area contributed by atoms with Crippen LogP contribution in [0.5, 0.6) is 0 Å². The molecule has 10 heavy (non-hydrogen) atoms. The Morgan fingerprint density at radius 1 is 1.50 bits per heavy atom. The maximum atomic E-state index is 8.62. The van der Waals surface area contributed by atoms with Gasteiger partial charge in [-0.25, -0.2) is 0 Å². The summed E-state index contributed by atoms with van der Waals surface area (Å²) >= 11 is 0. The third-order valence-electron chi connectivity index (χ3n) is 0.974. The molecule has 0 saturated carbocycles. The van der Waals surface area contributed by atoms with Crippen LogP contribution in [0.1, 0.15) is 6.92 Å². The fourth-order valence-corrected chi connectivity index (χ4v) is 0.477. The van der Waals surface area contributed by atoms with E-state index in [0.717, 1.165) is 6.26 Å². The van der Waals surface area contributed by atoms with Gasteiger partial charge in [0.2, 0.25) is 0 Å². The van der Waals surface area contributed by atoms with E-state index in [4.69, 9.17) is 10.2 Å². The molecular formula is C8H12O2. The first-order chi connectivity index (χ1) is 4.85. The standard InChI is InChI=1S/C8H12O2/c1-2-3-4-8(7-10)5-6-9/h2-6,9-10H,7H2,1H3. The Morgan fingerprint density at radius 2 is 2.20 bits per heavy atom. The van der Waals surface area contributed by atoms with E-state index in [2.05, 4.69) is 0 Å². The van der Waals surface area contributed by atoms with E-state index < -0.39 is 0 Å². The summed E-state index contributed by atoms with van der Waals surface area (Å²) < 4.78 is 0. The minimum absolute atomic E-state index is 0.0542. The van der Waals surface area contributed by atoms with Crippen molar-refractivity contribution in [3.05, 3.63) is 36.1 Å². The van der Waals surface area contributed by atoms with E-state index in [-0.39, 0.29) is 6.61 Å². The average molecular weight is 140 g/mol. The number of hydrogen-bond acceptors (Lipinski definition) is 2. The van der Waals surface area contributed by atoms with Crippen molar-refractivity contribution in [1.29, 1.82) is 0 Å². The molecule has 0 atom stereocenters. The van der Waals surface area contributed by atoms with Crippen molar-refractivity contribution in [2.24, 2.45) is 0 Å². The lowest BCUT2D eigenvalue weighted by Crippen LogP contribution is -1.84. The monoisotopic (exact) mass is 140 g/mol. The highest BCUT2D eigenvalue weighted by Gasteiger charge is 1.83. The first-order valence-electron chi connectivity index (χ1n) is 3.08. The van der Waals surface area contributed by atoms with Crippen LogP contribution in [-0.2, 0) is 0 Å². The molecule has 56 valence electrons. The van der Waals surface area contributed by atoms with E-state index in [0.29, 0.717) is 5.57 Å². The van der Waals surface area contributed by atoms with Crippen molar-refractivity contribution in [3.63, 3.8) is 0 Å². The smallest absolute Gasteiger partial charge is 0.0795 e. The Balaban J connectivity index is 4.04. The fraction of sp³-hybridized carbons (Fsp3) is 0.250. The van der Waals surface area contributed by atoms with E-state index in [1.807, 2.05) is 13.0 Å². The van der Waals surface area contributed by atoms with Crippen LogP contribution in [0.15, 0.2) is 36.1 Å². The molecule has 0 aliphatic heterocycles. The van der Waals surface area contributed by atoms with Gasteiger partial charge in [-0.15, -0.1) is 0 Å². The summed E-state index contributed by atoms with van der Waals surface area (Å²) in [7, 11) is 0. The van der Waals surface area contributed by atoms with Gasteiger partial charge in [0.05, 0.1) is 12.9 Å². The Kier molecular flexibility index (Phi) is 5.48. The van der Waals surface area contributed by atoms with Crippen molar-refractivity contribution in [2.75, 3.05) is 6.61 Å². The Labute approximate surface area is 60.8 Å². The minimum Gasteiger partial charge on any atom is -0.516 e. The molecule has 0 fully saturated rings. The molecule has 0 aromatic heterocycles. The first kappa shape index (κ1) is 8.98. The molecule has 2 heteroatoms. The SMILES string of the molecule is CC=CC=C(C=CO)CO. The second-order valence-corrected chi connectivity index (χ2v) is 1.74. The van der Waals surface area contributed by atoms with Crippen molar-refractivity contribution in [3.8, 4) is 0 Å². The summed E-state index contributed by atoms with van der Waals surface area (Å²) in [5.74, 6) is 0. The van der Waals surface area contributed by atoms with Crippen LogP contribution >= 0.6 is 0 Å². The molecule has 0 spiro atoms. The summed E-state index contributed by atoms with van der Waals surface area (Å²) in [4.78, 5) is 0. The summed E-state index contributed by atoms with van der Waals surface area (Å²) in [6.45, 7) is 1.83. The second kappa shape index (κ2) is 6.11. The lowest BCUT2D eigenvalue weighted by atomic mass is 10.2. The largest absolute Gasteiger partial charge is 0.516 e. The Morgan fingerprint density at radius 3 is 2.60 bits per heavy atom. The molecule has 0 unspecified atom stereocenters. The van der Waals surface area contributed by atoms with Crippen molar-refractivity contribution in [2.45, 2.75) is 6.92 Å². The molecule has 0 saturated heterocycles. The quantitative estimate of drug-likeness (QED) is 0.461. The number of hydrogen-bond donors (Lipinski definition) is 2. The van der Waals surface area contributed by atoms with Crippen molar-refractivity contribution >= 4 is 0 Å². The third-order valence-corrected chi connectivity index (χ3v) is 0.974. The van der Waals surface area contributed by atoms with E-state index in [1.165, 1.54) is 6.08 Å². The van der Waals surface area contributed by atoms with Crippen LogP contribution in [-0.4, -0.2) is 16.8 Å². The van der Waals surface area contributed by atoms with Gasteiger partial charge in [-0.05, 0) is 18.6 Å². The average Bonchev–Trinajstić information content (AvgIpc) is 1.98. The summed E-state index contributed by atoms with van der Waals surface area (Å²) in [5, 5.41) is 16.9. The molecule has 0 heterocycles. The lowest BCUT2D eigenvalue weighted by molar-refractivity contribution is 0.334. The molecular weight excluding hydrogens is 128 g/mol. The minimum atomic E-state index is -0.0542. The van der Waals surface area contributed by atoms with Gasteiger partial charge in [-0.1, -0.05) is 18.2 Å². The van der Waals surface area contributed by atoms with Crippen LogP contribution in [0.2, 0.25) is 0 Å². The molecule has 0 aromatic carbocycles. The van der Waals surface area contributed by atoms with Gasteiger partial charge in [0.25, 0.3) is 0 Å². The molecule has 0 bridgehead atoms. The molecule has 0 rings (SSSR count). The predicted molar refractivity (Wildman–Crippen MR) is 41.8 cm³/mol. The fourth-order valence-electron chi connectivity index (χ4n) is 0.477. The van der Waals surface area contributed by atoms with Crippen LogP contribution < -0.4 is 0 Å². The normalized spacial score (nSPS) is 13.6. The van der Waals surface area contributed by atoms with E-state index in [1.54, 1.807) is 12.2 Å². The van der Waals surface area contributed by atoms with Crippen molar-refractivity contribution in [1.82, 2.24) is 0 Å². The molecule has 0 aromatic rings. The number of aliphatic hydroxyl groups excluding tert-OH is 2. The summed E-state index contributed by atoms with van der Waals surface area (Å²) in [5.41, 5.74) is 0.681. The zero-order valence-corrected chi connectivity index (χ0v) is 5.99. The third kappa shape index (κ3) is 3.92. The van der Waals surface area contributed by atoms with Crippen LogP contribution in [0, 0.1) is 0 Å². The highest BCUT2D eigenvalue weighted by Crippen LogP contribution is 1.94. The molecule has 2 nitrogen and oxygen atoms in total. The van der Waals surface area contributed by atoms with Gasteiger partial charge in [-0.3, -0.25) is 0 Å². The maximum absolute atomic E-state index is 8.62. The maximum Gasteiger partial charge on any atom is 0.0795 e. The number of allylic oxidation sites excluding steroid dienone is 3. The molecule has 0 aliphatic carbocycles. The van der Waals surface area contributed by atoms with Crippen LogP contribution in [0.3, 0.4) is 0 Å². The summed E-state index contributed by atoms with van der Waals surface area (Å²) in [6.07, 6.45) is 7.73. The van der Waals surface area contributed by atoms with E-state index in [9.17, 15) is 0 Å². The second-order valence-electron chi connectivity index (χ2n) is 1.74. The molecule has 2 N–H and O–H groups in total. The van der Waals surface area contributed by atoms with Crippen LogP contribution in [0.4, 0.5) is 0 Å². The Hall–Kier alpha value is -1.02. The van der Waals surface area contributed by atoms with E-state index >= 15 is 0 Å². The highest BCUT2D eigenvalue weighted by atomic mass is 16.3.